The van der Waals surface area contributed by atoms with Crippen molar-refractivity contribution in [3.63, 3.8) is 0 Å². The molecule has 35 heavy (non-hydrogen) atoms. The third kappa shape index (κ3) is 5.55. The predicted molar refractivity (Wildman–Crippen MR) is 129 cm³/mol. The summed E-state index contributed by atoms with van der Waals surface area (Å²) in [5.41, 5.74) is 1.37. The third-order valence-electron chi connectivity index (χ3n) is 6.29. The zero-order valence-corrected chi connectivity index (χ0v) is 20.3. The number of sulfonamides is 1. The monoisotopic (exact) mass is 499 g/mol. The van der Waals surface area contributed by atoms with Gasteiger partial charge in [-0.3, -0.25) is 9.59 Å². The van der Waals surface area contributed by atoms with Gasteiger partial charge in [-0.1, -0.05) is 36.9 Å². The van der Waals surface area contributed by atoms with Crippen LogP contribution in [0.5, 0.6) is 5.75 Å². The second-order valence-electron chi connectivity index (χ2n) is 8.55. The number of methoxy groups -OCH3 is 1. The van der Waals surface area contributed by atoms with Crippen molar-refractivity contribution in [1.82, 2.24) is 14.9 Å². The first-order chi connectivity index (χ1) is 16.8. The van der Waals surface area contributed by atoms with E-state index in [1.54, 1.807) is 0 Å². The molecule has 0 aromatic heterocycles. The quantitative estimate of drug-likeness (QED) is 0.508. The highest BCUT2D eigenvalue weighted by Crippen LogP contribution is 2.35. The summed E-state index contributed by atoms with van der Waals surface area (Å²) < 4.78 is 39.1. The van der Waals surface area contributed by atoms with Gasteiger partial charge in [-0.15, -0.1) is 0 Å². The molecule has 3 unspecified atom stereocenters. The van der Waals surface area contributed by atoms with Crippen molar-refractivity contribution < 1.29 is 27.5 Å². The van der Waals surface area contributed by atoms with E-state index in [2.05, 4.69) is 17.2 Å². The third-order valence-corrected chi connectivity index (χ3v) is 8.12. The minimum Gasteiger partial charge on any atom is -0.496 e. The molecule has 2 fully saturated rings. The highest BCUT2D eigenvalue weighted by atomic mass is 32.2. The fraction of sp³-hybridized carbons (Fsp3) is 0.360. The normalized spacial score (nSPS) is 21.8. The highest BCUT2D eigenvalue weighted by Gasteiger charge is 2.46. The highest BCUT2D eigenvalue weighted by molar-refractivity contribution is 7.89. The van der Waals surface area contributed by atoms with E-state index < -0.39 is 16.3 Å². The molecule has 2 aliphatic heterocycles. The van der Waals surface area contributed by atoms with E-state index >= 15 is 0 Å². The van der Waals surface area contributed by atoms with E-state index in [9.17, 15) is 18.0 Å². The Kier molecular flexibility index (Phi) is 7.54. The Labute approximate surface area is 205 Å². The molecule has 2 N–H and O–H groups in total. The van der Waals surface area contributed by atoms with Gasteiger partial charge in [-0.2, -0.15) is 4.31 Å². The average Bonchev–Trinajstić information content (AvgIpc) is 3.43. The lowest BCUT2D eigenvalue weighted by Gasteiger charge is -2.20. The molecule has 10 heteroatoms. The molecule has 2 aliphatic rings. The van der Waals surface area contributed by atoms with Crippen molar-refractivity contribution in [1.29, 1.82) is 0 Å². The van der Waals surface area contributed by atoms with E-state index in [0.29, 0.717) is 19.4 Å². The van der Waals surface area contributed by atoms with Crippen molar-refractivity contribution in [2.45, 2.75) is 30.1 Å². The SMILES string of the molecule is C=CC(=O)NC1CC2CN(S(=O)(=O)c3ccc(C(=O)NCCc4ccccc4)c(OC)c3)CC2O1. The molecule has 2 aromatic rings. The van der Waals surface area contributed by atoms with Crippen LogP contribution in [0.25, 0.3) is 0 Å². The van der Waals surface area contributed by atoms with Gasteiger partial charge in [-0.05, 0) is 36.6 Å². The molecule has 2 amide bonds. The topological polar surface area (TPSA) is 114 Å². The van der Waals surface area contributed by atoms with E-state index in [-0.39, 0.29) is 53.1 Å². The Morgan fingerprint density at radius 1 is 1.20 bits per heavy atom. The molecule has 2 saturated heterocycles. The van der Waals surface area contributed by atoms with Gasteiger partial charge in [-0.25, -0.2) is 8.42 Å². The van der Waals surface area contributed by atoms with Crippen molar-refractivity contribution in [3.05, 3.63) is 72.3 Å². The number of hydrogen-bond acceptors (Lipinski definition) is 6. The number of benzene rings is 2. The number of carbonyl (C=O) groups is 2. The molecule has 0 saturated carbocycles. The Bertz CT molecular complexity index is 1190. The van der Waals surface area contributed by atoms with Crippen molar-refractivity contribution >= 4 is 21.8 Å². The van der Waals surface area contributed by atoms with Crippen LogP contribution >= 0.6 is 0 Å². The summed E-state index contributed by atoms with van der Waals surface area (Å²) >= 11 is 0. The maximum atomic E-state index is 13.3. The van der Waals surface area contributed by atoms with Crippen molar-refractivity contribution in [2.75, 3.05) is 26.7 Å². The van der Waals surface area contributed by atoms with Crippen molar-refractivity contribution in [3.8, 4) is 5.75 Å². The molecule has 0 radical (unpaired) electrons. The second-order valence-corrected chi connectivity index (χ2v) is 10.5. The largest absolute Gasteiger partial charge is 0.496 e. The number of rotatable bonds is 9. The summed E-state index contributed by atoms with van der Waals surface area (Å²) in [6.45, 7) is 4.34. The van der Waals surface area contributed by atoms with E-state index in [0.717, 1.165) is 5.56 Å². The van der Waals surface area contributed by atoms with Gasteiger partial charge in [0.1, 0.15) is 12.0 Å². The minimum atomic E-state index is -3.82. The van der Waals surface area contributed by atoms with Gasteiger partial charge >= 0.3 is 0 Å². The Balaban J connectivity index is 1.39. The Hall–Kier alpha value is -3.21. The fourth-order valence-electron chi connectivity index (χ4n) is 4.46. The standard InChI is InChI=1S/C25H29N3O6S/c1-3-23(29)27-24-13-18-15-28(16-22(18)34-24)35(31,32)19-9-10-20(21(14-19)33-2)25(30)26-12-11-17-7-5-4-6-8-17/h3-10,14,18,22,24H,1,11-13,15-16H2,2H3,(H,26,30)(H,27,29). The van der Waals surface area contributed by atoms with Crippen LogP contribution in [-0.4, -0.2) is 63.6 Å². The molecule has 0 bridgehead atoms. The van der Waals surface area contributed by atoms with Gasteiger partial charge < -0.3 is 20.1 Å². The zero-order chi connectivity index (χ0) is 25.0. The molecule has 0 spiro atoms. The van der Waals surface area contributed by atoms with Crippen LogP contribution < -0.4 is 15.4 Å². The molecular weight excluding hydrogens is 470 g/mol. The molecule has 2 aromatic carbocycles. The number of carbonyl (C=O) groups excluding carboxylic acids is 2. The molecule has 186 valence electrons. The van der Waals surface area contributed by atoms with Gasteiger partial charge in [0, 0.05) is 31.6 Å². The van der Waals surface area contributed by atoms with Gasteiger partial charge in [0.2, 0.25) is 15.9 Å². The Morgan fingerprint density at radius 3 is 2.66 bits per heavy atom. The molecule has 2 heterocycles. The van der Waals surface area contributed by atoms with Gasteiger partial charge in [0.05, 0.1) is 23.7 Å². The number of fused-ring (bicyclic) bond motifs is 1. The van der Waals surface area contributed by atoms with Gasteiger partial charge in [0.15, 0.2) is 0 Å². The fourth-order valence-corrected chi connectivity index (χ4v) is 5.99. The lowest BCUT2D eigenvalue weighted by atomic mass is 10.1. The summed E-state index contributed by atoms with van der Waals surface area (Å²) in [5.74, 6) is -0.489. The number of amides is 2. The maximum Gasteiger partial charge on any atom is 0.255 e. The van der Waals surface area contributed by atoms with Crippen LogP contribution in [0.4, 0.5) is 0 Å². The van der Waals surface area contributed by atoms with E-state index in [1.807, 2.05) is 30.3 Å². The summed E-state index contributed by atoms with van der Waals surface area (Å²) in [6, 6.07) is 14.1. The molecular formula is C25H29N3O6S. The van der Waals surface area contributed by atoms with Crippen LogP contribution in [0.1, 0.15) is 22.3 Å². The Morgan fingerprint density at radius 2 is 1.97 bits per heavy atom. The summed E-state index contributed by atoms with van der Waals surface area (Å²) in [7, 11) is -2.41. The first kappa shape index (κ1) is 24.9. The van der Waals surface area contributed by atoms with Crippen LogP contribution in [0, 0.1) is 5.92 Å². The molecule has 9 nitrogen and oxygen atoms in total. The molecule has 4 rings (SSSR count). The number of ether oxygens (including phenoxy) is 2. The number of nitrogens with one attached hydrogen (secondary N) is 2. The summed E-state index contributed by atoms with van der Waals surface area (Å²) in [6.07, 6.45) is 1.65. The zero-order valence-electron chi connectivity index (χ0n) is 19.5. The van der Waals surface area contributed by atoms with Crippen LogP contribution in [0.15, 0.2) is 66.1 Å². The average molecular weight is 500 g/mol. The first-order valence-corrected chi connectivity index (χ1v) is 12.8. The number of nitrogens with zero attached hydrogens (tertiary/aromatic N) is 1. The minimum absolute atomic E-state index is 0.0172. The van der Waals surface area contributed by atoms with Crippen LogP contribution in [0.2, 0.25) is 0 Å². The van der Waals surface area contributed by atoms with E-state index in [4.69, 9.17) is 9.47 Å². The second kappa shape index (κ2) is 10.6. The maximum absolute atomic E-state index is 13.3. The van der Waals surface area contributed by atoms with Crippen LogP contribution in [-0.2, 0) is 26.0 Å². The summed E-state index contributed by atoms with van der Waals surface area (Å²) in [5, 5.41) is 5.55. The van der Waals surface area contributed by atoms with E-state index in [1.165, 1.54) is 35.7 Å². The van der Waals surface area contributed by atoms with Crippen molar-refractivity contribution in [2.24, 2.45) is 5.92 Å². The molecule has 3 atom stereocenters. The first-order valence-electron chi connectivity index (χ1n) is 11.4. The lowest BCUT2D eigenvalue weighted by Crippen LogP contribution is -2.37. The smallest absolute Gasteiger partial charge is 0.255 e. The lowest BCUT2D eigenvalue weighted by molar-refractivity contribution is -0.120. The summed E-state index contributed by atoms with van der Waals surface area (Å²) in [4.78, 5) is 24.2. The predicted octanol–water partition coefficient (Wildman–Crippen LogP) is 1.71. The molecule has 0 aliphatic carbocycles. The number of hydrogen-bond donors (Lipinski definition) is 2. The van der Waals surface area contributed by atoms with Crippen LogP contribution in [0.3, 0.4) is 0 Å². The van der Waals surface area contributed by atoms with Gasteiger partial charge in [0.25, 0.3) is 5.91 Å².